The largest absolute Gasteiger partial charge is 0.310 e. The van der Waals surface area contributed by atoms with Gasteiger partial charge in [0.25, 0.3) is 0 Å². The first-order chi connectivity index (χ1) is 27.7. The van der Waals surface area contributed by atoms with Crippen LogP contribution in [-0.2, 0) is 6.42 Å². The molecule has 0 heterocycles. The van der Waals surface area contributed by atoms with E-state index in [0.29, 0.717) is 0 Å². The van der Waals surface area contributed by atoms with Crippen LogP contribution in [0.2, 0.25) is 0 Å². The molecule has 2 nitrogen and oxygen atoms in total. The van der Waals surface area contributed by atoms with Crippen LogP contribution in [0, 0.1) is 0 Å². The molecule has 266 valence electrons. The molecule has 0 atom stereocenters. The van der Waals surface area contributed by atoms with E-state index in [9.17, 15) is 0 Å². The highest BCUT2D eigenvalue weighted by atomic mass is 15.1. The summed E-state index contributed by atoms with van der Waals surface area (Å²) in [5.74, 6) is 0. The van der Waals surface area contributed by atoms with Crippen molar-refractivity contribution < 1.29 is 0 Å². The molecule has 0 fully saturated rings. The lowest BCUT2D eigenvalue weighted by atomic mass is 9.96. The minimum Gasteiger partial charge on any atom is -0.310 e. The zero-order valence-electron chi connectivity index (χ0n) is 31.1. The fraction of sp³-hybridized carbons (Fsp3) is 0.0370. The Morgan fingerprint density at radius 3 is 1.16 bits per heavy atom. The summed E-state index contributed by atoms with van der Waals surface area (Å²) in [5.41, 5.74) is 11.8. The van der Waals surface area contributed by atoms with Gasteiger partial charge in [-0.25, -0.2) is 0 Å². The minimum atomic E-state index is 1.10. The van der Waals surface area contributed by atoms with Gasteiger partial charge in [0.1, 0.15) is 0 Å². The highest BCUT2D eigenvalue weighted by Gasteiger charge is 2.16. The standard InChI is InChI=1S/C54H40N2/c1-5-13-45-35-51(31-23-41(45)9-1)55(52-32-24-42-10-2-6-14-46(42)36-52)49-27-19-39(20-28-49)17-18-40-21-29-50(30-22-40)56(53-33-25-43-11-3-7-15-47(43)37-53)54-34-26-44-12-4-8-16-48(44)38-54/h1-3,5-11,13-38H,4,12H2/b18-17+. The minimum absolute atomic E-state index is 1.10. The Bertz CT molecular complexity index is 2840. The number of hydrogen-bond donors (Lipinski definition) is 0. The van der Waals surface area contributed by atoms with Gasteiger partial charge in [-0.15, -0.1) is 0 Å². The Balaban J connectivity index is 0.948. The molecule has 1 aliphatic carbocycles. The average Bonchev–Trinajstić information content (AvgIpc) is 3.26. The van der Waals surface area contributed by atoms with Gasteiger partial charge in [-0.05, 0) is 140 Å². The second-order valence-corrected chi connectivity index (χ2v) is 14.6. The van der Waals surface area contributed by atoms with Gasteiger partial charge in [0.05, 0.1) is 0 Å². The van der Waals surface area contributed by atoms with Crippen LogP contribution in [0.1, 0.15) is 28.7 Å². The molecule has 0 saturated heterocycles. The Morgan fingerprint density at radius 1 is 0.339 bits per heavy atom. The number of aryl methyl sites for hydroxylation is 1. The molecule has 0 spiro atoms. The molecule has 0 saturated carbocycles. The molecule has 0 unspecified atom stereocenters. The van der Waals surface area contributed by atoms with E-state index in [0.717, 1.165) is 58.1 Å². The zero-order chi connectivity index (χ0) is 37.3. The van der Waals surface area contributed by atoms with Gasteiger partial charge < -0.3 is 9.80 Å². The monoisotopic (exact) mass is 716 g/mol. The van der Waals surface area contributed by atoms with Crippen molar-refractivity contribution in [1.82, 2.24) is 0 Å². The maximum atomic E-state index is 2.37. The lowest BCUT2D eigenvalue weighted by Crippen LogP contribution is -2.10. The summed E-state index contributed by atoms with van der Waals surface area (Å²) in [6.07, 6.45) is 11.2. The second-order valence-electron chi connectivity index (χ2n) is 14.6. The van der Waals surface area contributed by atoms with Gasteiger partial charge in [0.15, 0.2) is 0 Å². The van der Waals surface area contributed by atoms with Crippen LogP contribution >= 0.6 is 0 Å². The summed E-state index contributed by atoms with van der Waals surface area (Å²) >= 11 is 0. The SMILES string of the molecule is C1=Cc2cc(N(c3ccc(/C=C/c4ccc(N(c5ccc6ccccc6c5)c5ccc6ccccc6c5)cc4)cc3)c3ccc4ccccc4c3)ccc2CC1. The van der Waals surface area contributed by atoms with Crippen molar-refractivity contribution in [1.29, 1.82) is 0 Å². The number of nitrogens with zero attached hydrogens (tertiary/aromatic N) is 2. The smallest absolute Gasteiger partial charge is 0.0468 e. The van der Waals surface area contributed by atoms with E-state index in [2.05, 4.69) is 228 Å². The van der Waals surface area contributed by atoms with E-state index in [4.69, 9.17) is 0 Å². The second kappa shape index (κ2) is 14.6. The summed E-state index contributed by atoms with van der Waals surface area (Å²) < 4.78 is 0. The summed E-state index contributed by atoms with van der Waals surface area (Å²) in [4.78, 5) is 4.73. The molecule has 0 aliphatic heterocycles. The van der Waals surface area contributed by atoms with Crippen molar-refractivity contribution in [3.63, 3.8) is 0 Å². The Morgan fingerprint density at radius 2 is 0.714 bits per heavy atom. The Kier molecular flexibility index (Phi) is 8.70. The van der Waals surface area contributed by atoms with E-state index in [1.54, 1.807) is 0 Å². The maximum absolute atomic E-state index is 2.37. The van der Waals surface area contributed by atoms with Crippen LogP contribution in [0.4, 0.5) is 34.1 Å². The quantitative estimate of drug-likeness (QED) is 0.144. The highest BCUT2D eigenvalue weighted by Crippen LogP contribution is 2.40. The van der Waals surface area contributed by atoms with E-state index in [1.807, 2.05) is 0 Å². The molecule has 0 amide bonds. The normalized spacial score (nSPS) is 12.4. The van der Waals surface area contributed by atoms with E-state index >= 15 is 0 Å². The van der Waals surface area contributed by atoms with Gasteiger partial charge in [-0.2, -0.15) is 0 Å². The molecule has 56 heavy (non-hydrogen) atoms. The van der Waals surface area contributed by atoms with Gasteiger partial charge >= 0.3 is 0 Å². The van der Waals surface area contributed by atoms with Crippen molar-refractivity contribution in [2.45, 2.75) is 12.8 Å². The van der Waals surface area contributed by atoms with Gasteiger partial charge in [-0.1, -0.05) is 146 Å². The van der Waals surface area contributed by atoms with E-state index in [-0.39, 0.29) is 0 Å². The van der Waals surface area contributed by atoms with Crippen LogP contribution in [0.3, 0.4) is 0 Å². The third-order valence-corrected chi connectivity index (χ3v) is 11.0. The lowest BCUT2D eigenvalue weighted by Gasteiger charge is -2.27. The lowest BCUT2D eigenvalue weighted by molar-refractivity contribution is 0.985. The topological polar surface area (TPSA) is 6.48 Å². The predicted octanol–water partition coefficient (Wildman–Crippen LogP) is 15.2. The number of fused-ring (bicyclic) bond motifs is 4. The molecule has 1 aliphatic rings. The first-order valence-corrected chi connectivity index (χ1v) is 19.5. The van der Waals surface area contributed by atoms with Crippen LogP contribution < -0.4 is 9.80 Å². The van der Waals surface area contributed by atoms with Crippen LogP contribution in [0.15, 0.2) is 200 Å². The molecule has 10 rings (SSSR count). The van der Waals surface area contributed by atoms with Crippen LogP contribution in [-0.4, -0.2) is 0 Å². The predicted molar refractivity (Wildman–Crippen MR) is 241 cm³/mol. The molecule has 2 heteroatoms. The third kappa shape index (κ3) is 6.63. The van der Waals surface area contributed by atoms with Crippen LogP contribution in [0.25, 0.3) is 50.5 Å². The number of anilines is 6. The Hall–Kier alpha value is -7.16. The van der Waals surface area contributed by atoms with Crippen molar-refractivity contribution >= 4 is 84.7 Å². The summed E-state index contributed by atoms with van der Waals surface area (Å²) in [6.45, 7) is 0. The maximum Gasteiger partial charge on any atom is 0.0468 e. The number of benzene rings is 9. The third-order valence-electron chi connectivity index (χ3n) is 11.0. The van der Waals surface area contributed by atoms with Crippen molar-refractivity contribution in [2.24, 2.45) is 0 Å². The molecule has 0 N–H and O–H groups in total. The fourth-order valence-electron chi connectivity index (χ4n) is 8.06. The van der Waals surface area contributed by atoms with E-state index in [1.165, 1.54) is 43.4 Å². The van der Waals surface area contributed by atoms with Crippen molar-refractivity contribution in [3.8, 4) is 0 Å². The molecule has 0 aromatic heterocycles. The first-order valence-electron chi connectivity index (χ1n) is 19.5. The van der Waals surface area contributed by atoms with Gasteiger partial charge in [0, 0.05) is 34.1 Å². The van der Waals surface area contributed by atoms with E-state index < -0.39 is 0 Å². The fourth-order valence-corrected chi connectivity index (χ4v) is 8.06. The first kappa shape index (κ1) is 33.4. The summed E-state index contributed by atoms with van der Waals surface area (Å²) in [5, 5.41) is 7.40. The van der Waals surface area contributed by atoms with Gasteiger partial charge in [0.2, 0.25) is 0 Å². The van der Waals surface area contributed by atoms with Gasteiger partial charge in [-0.3, -0.25) is 0 Å². The average molecular weight is 717 g/mol. The summed E-state index contributed by atoms with van der Waals surface area (Å²) in [7, 11) is 0. The summed E-state index contributed by atoms with van der Waals surface area (Å²) in [6, 6.07) is 70.5. The highest BCUT2D eigenvalue weighted by molar-refractivity contribution is 5.93. The molecular weight excluding hydrogens is 677 g/mol. The number of allylic oxidation sites excluding steroid dienone is 1. The molecular formula is C54H40N2. The van der Waals surface area contributed by atoms with Crippen LogP contribution in [0.5, 0.6) is 0 Å². The molecule has 9 aromatic carbocycles. The molecule has 0 bridgehead atoms. The number of hydrogen-bond acceptors (Lipinski definition) is 2. The Labute approximate surface area is 328 Å². The van der Waals surface area contributed by atoms with Crippen molar-refractivity contribution in [2.75, 3.05) is 9.80 Å². The zero-order valence-corrected chi connectivity index (χ0v) is 31.1. The van der Waals surface area contributed by atoms with Crippen molar-refractivity contribution in [3.05, 3.63) is 222 Å². The molecule has 0 radical (unpaired) electrons. The number of rotatable bonds is 8. The molecule has 9 aromatic rings.